The van der Waals surface area contributed by atoms with Crippen molar-refractivity contribution in [3.63, 3.8) is 0 Å². The topological polar surface area (TPSA) is 188 Å². The van der Waals surface area contributed by atoms with Crippen molar-refractivity contribution in [2.75, 3.05) is 11.9 Å². The van der Waals surface area contributed by atoms with Crippen LogP contribution in [0.3, 0.4) is 0 Å². The van der Waals surface area contributed by atoms with Crippen LogP contribution in [-0.4, -0.2) is 70.1 Å². The first kappa shape index (κ1) is 35.6. The molecule has 13 nitrogen and oxygen atoms in total. The number of carbonyl (C=O) groups excluding carboxylic acids is 6. The Morgan fingerprint density at radius 3 is 2.05 bits per heavy atom. The SMILES string of the molecule is CC(C)C(=O)OCc1ccc(NC(=O)[C@H](CCC(=O)O)NC(=O)[C@@H](NC(=O)CCCCCN2C(=O)C=CC2=O)C(C)C)cc1. The number of carbonyl (C=O) groups is 7. The number of aliphatic carboxylic acids is 1. The number of benzene rings is 1. The van der Waals surface area contributed by atoms with E-state index in [1.807, 2.05) is 0 Å². The highest BCUT2D eigenvalue weighted by Crippen LogP contribution is 2.14. The van der Waals surface area contributed by atoms with Crippen molar-refractivity contribution in [3.8, 4) is 0 Å². The number of hydrogen-bond acceptors (Lipinski definition) is 8. The van der Waals surface area contributed by atoms with Crippen molar-refractivity contribution >= 4 is 47.2 Å². The molecule has 1 heterocycles. The number of hydrogen-bond donors (Lipinski definition) is 4. The lowest BCUT2D eigenvalue weighted by atomic mass is 10.0. The van der Waals surface area contributed by atoms with Gasteiger partial charge in [0.25, 0.3) is 11.8 Å². The van der Waals surface area contributed by atoms with E-state index >= 15 is 0 Å². The highest BCUT2D eigenvalue weighted by Gasteiger charge is 2.29. The Balaban J connectivity index is 1.92. The maximum Gasteiger partial charge on any atom is 0.308 e. The van der Waals surface area contributed by atoms with Gasteiger partial charge in [0.05, 0.1) is 5.92 Å². The molecule has 0 saturated carbocycles. The van der Waals surface area contributed by atoms with Gasteiger partial charge in [-0.05, 0) is 42.9 Å². The average Bonchev–Trinajstić information content (AvgIpc) is 3.29. The molecule has 240 valence electrons. The molecule has 1 aliphatic rings. The van der Waals surface area contributed by atoms with Crippen LogP contribution in [0, 0.1) is 11.8 Å². The van der Waals surface area contributed by atoms with Crippen LogP contribution in [0.4, 0.5) is 5.69 Å². The van der Waals surface area contributed by atoms with Crippen LogP contribution < -0.4 is 16.0 Å². The lowest BCUT2D eigenvalue weighted by Gasteiger charge is -2.25. The Kier molecular flexibility index (Phi) is 14.2. The molecule has 1 aromatic carbocycles. The quantitative estimate of drug-likeness (QED) is 0.109. The summed E-state index contributed by atoms with van der Waals surface area (Å²) in [7, 11) is 0. The summed E-state index contributed by atoms with van der Waals surface area (Å²) in [6.45, 7) is 7.26. The summed E-state index contributed by atoms with van der Waals surface area (Å²) in [5.41, 5.74) is 1.10. The fourth-order valence-electron chi connectivity index (χ4n) is 4.20. The van der Waals surface area contributed by atoms with Gasteiger partial charge >= 0.3 is 11.9 Å². The normalized spacial score (nSPS) is 14.0. The summed E-state index contributed by atoms with van der Waals surface area (Å²) in [5.74, 6) is -4.40. The van der Waals surface area contributed by atoms with E-state index in [1.165, 1.54) is 12.2 Å². The van der Waals surface area contributed by atoms with E-state index in [1.54, 1.807) is 52.0 Å². The van der Waals surface area contributed by atoms with Gasteiger partial charge in [-0.1, -0.05) is 46.2 Å². The first-order chi connectivity index (χ1) is 20.8. The Labute approximate surface area is 256 Å². The molecule has 1 aromatic rings. The van der Waals surface area contributed by atoms with Gasteiger partial charge in [0.15, 0.2) is 0 Å². The summed E-state index contributed by atoms with van der Waals surface area (Å²) in [6.07, 6.45) is 3.61. The first-order valence-corrected chi connectivity index (χ1v) is 14.7. The van der Waals surface area contributed by atoms with E-state index in [-0.39, 0.29) is 67.9 Å². The summed E-state index contributed by atoms with van der Waals surface area (Å²) < 4.78 is 5.19. The second kappa shape index (κ2) is 17.5. The highest BCUT2D eigenvalue weighted by molar-refractivity contribution is 6.12. The van der Waals surface area contributed by atoms with Gasteiger partial charge in [0.1, 0.15) is 18.7 Å². The van der Waals surface area contributed by atoms with Crippen LogP contribution in [0.25, 0.3) is 0 Å². The van der Waals surface area contributed by atoms with Crippen LogP contribution >= 0.6 is 0 Å². The van der Waals surface area contributed by atoms with Crippen molar-refractivity contribution in [1.82, 2.24) is 15.5 Å². The minimum Gasteiger partial charge on any atom is -0.481 e. The number of anilines is 1. The van der Waals surface area contributed by atoms with Crippen molar-refractivity contribution in [1.29, 1.82) is 0 Å². The minimum atomic E-state index is -1.19. The number of esters is 1. The average molecular weight is 615 g/mol. The predicted octanol–water partition coefficient (Wildman–Crippen LogP) is 2.30. The minimum absolute atomic E-state index is 0.0726. The molecule has 0 unspecified atom stereocenters. The molecule has 0 saturated heterocycles. The standard InChI is InChI=1S/C31H42N4O9/c1-19(2)28(34-24(36)8-6-5-7-17-35-25(37)14-15-26(35)38)30(42)33-23(13-16-27(39)40)29(41)32-22-11-9-21(10-12-22)18-44-31(43)20(3)4/h9-12,14-15,19-20,23,28H,5-8,13,16-18H2,1-4H3,(H,32,41)(H,33,42)(H,34,36)(H,39,40)/t23-,28-/m0/s1. The van der Waals surface area contributed by atoms with Gasteiger partial charge in [-0.25, -0.2) is 0 Å². The summed E-state index contributed by atoms with van der Waals surface area (Å²) in [6, 6.07) is 4.38. The molecular weight excluding hydrogens is 572 g/mol. The fourth-order valence-corrected chi connectivity index (χ4v) is 4.20. The van der Waals surface area contributed by atoms with Crippen LogP contribution in [-0.2, 0) is 44.9 Å². The summed E-state index contributed by atoms with van der Waals surface area (Å²) in [5, 5.41) is 17.1. The third-order valence-corrected chi connectivity index (χ3v) is 6.81. The predicted molar refractivity (Wildman–Crippen MR) is 160 cm³/mol. The molecule has 2 rings (SSSR count). The molecule has 5 amide bonds. The van der Waals surface area contributed by atoms with Crippen molar-refractivity contribution in [2.45, 2.75) is 84.9 Å². The Morgan fingerprint density at radius 1 is 0.841 bits per heavy atom. The van der Waals surface area contributed by atoms with Crippen LogP contribution in [0.15, 0.2) is 36.4 Å². The van der Waals surface area contributed by atoms with E-state index in [4.69, 9.17) is 4.74 Å². The third-order valence-electron chi connectivity index (χ3n) is 6.81. The lowest BCUT2D eigenvalue weighted by Crippen LogP contribution is -2.54. The van der Waals surface area contributed by atoms with Gasteiger partial charge in [-0.2, -0.15) is 0 Å². The number of carboxylic acids is 1. The van der Waals surface area contributed by atoms with E-state index in [9.17, 15) is 38.7 Å². The van der Waals surface area contributed by atoms with E-state index in [2.05, 4.69) is 16.0 Å². The zero-order valence-electron chi connectivity index (χ0n) is 25.6. The summed E-state index contributed by atoms with van der Waals surface area (Å²) >= 11 is 0. The Hall–Kier alpha value is -4.55. The molecule has 0 spiro atoms. The zero-order valence-corrected chi connectivity index (χ0v) is 25.6. The number of amides is 5. The zero-order chi connectivity index (χ0) is 32.8. The second-order valence-corrected chi connectivity index (χ2v) is 11.2. The largest absolute Gasteiger partial charge is 0.481 e. The van der Waals surface area contributed by atoms with Crippen LogP contribution in [0.5, 0.6) is 0 Å². The highest BCUT2D eigenvalue weighted by atomic mass is 16.5. The second-order valence-electron chi connectivity index (χ2n) is 11.2. The molecule has 0 bridgehead atoms. The number of unbranched alkanes of at least 4 members (excludes halogenated alkanes) is 2. The molecule has 1 aliphatic heterocycles. The smallest absolute Gasteiger partial charge is 0.308 e. The van der Waals surface area contributed by atoms with Gasteiger partial charge < -0.3 is 25.8 Å². The molecule has 0 radical (unpaired) electrons. The molecule has 0 aromatic heterocycles. The Bertz CT molecular complexity index is 1220. The molecule has 13 heteroatoms. The van der Waals surface area contributed by atoms with Gasteiger partial charge in [0, 0.05) is 37.2 Å². The van der Waals surface area contributed by atoms with Crippen molar-refractivity contribution in [3.05, 3.63) is 42.0 Å². The number of carboxylic acid groups (broad SMARTS) is 1. The van der Waals surface area contributed by atoms with Crippen LogP contribution in [0.2, 0.25) is 0 Å². The fraction of sp³-hybridized carbons (Fsp3) is 0.516. The van der Waals surface area contributed by atoms with Crippen molar-refractivity contribution in [2.24, 2.45) is 11.8 Å². The number of nitrogens with one attached hydrogen (secondary N) is 3. The van der Waals surface area contributed by atoms with Gasteiger partial charge in [-0.3, -0.25) is 38.5 Å². The van der Waals surface area contributed by atoms with Gasteiger partial charge in [-0.15, -0.1) is 0 Å². The lowest BCUT2D eigenvalue weighted by molar-refractivity contribution is -0.148. The van der Waals surface area contributed by atoms with E-state index < -0.39 is 29.9 Å². The molecule has 4 N–H and O–H groups in total. The molecule has 0 aliphatic carbocycles. The summed E-state index contributed by atoms with van der Waals surface area (Å²) in [4.78, 5) is 86.1. The van der Waals surface area contributed by atoms with Crippen LogP contribution in [0.1, 0.15) is 71.8 Å². The number of ether oxygens (including phenoxy) is 1. The Morgan fingerprint density at radius 2 is 1.48 bits per heavy atom. The maximum absolute atomic E-state index is 13.2. The van der Waals surface area contributed by atoms with Crippen molar-refractivity contribution < 1.29 is 43.4 Å². The monoisotopic (exact) mass is 614 g/mol. The number of rotatable bonds is 18. The maximum atomic E-state index is 13.2. The number of imide groups is 1. The number of nitrogens with zero attached hydrogens (tertiary/aromatic N) is 1. The van der Waals surface area contributed by atoms with E-state index in [0.717, 1.165) is 4.90 Å². The molecule has 2 atom stereocenters. The first-order valence-electron chi connectivity index (χ1n) is 14.7. The molecular formula is C31H42N4O9. The third kappa shape index (κ3) is 12.0. The van der Waals surface area contributed by atoms with E-state index in [0.29, 0.717) is 30.5 Å². The molecule has 44 heavy (non-hydrogen) atoms. The van der Waals surface area contributed by atoms with Gasteiger partial charge in [0.2, 0.25) is 17.7 Å². The molecule has 0 fully saturated rings.